The fourth-order valence-electron chi connectivity index (χ4n) is 2.14. The number of hydrogen-bond acceptors (Lipinski definition) is 3. The first-order valence-electron chi connectivity index (χ1n) is 6.71. The number of carbonyl (C=O) groups is 2. The molecule has 1 amide bonds. The van der Waals surface area contributed by atoms with Gasteiger partial charge in [-0.1, -0.05) is 30.3 Å². The number of aliphatic hydroxyl groups is 1. The molecule has 1 aromatic rings. The summed E-state index contributed by atoms with van der Waals surface area (Å²) in [5, 5.41) is 8.96. The maximum atomic E-state index is 12.0. The summed E-state index contributed by atoms with van der Waals surface area (Å²) in [6.45, 7) is 0.359. The van der Waals surface area contributed by atoms with Gasteiger partial charge in [-0.05, 0) is 12.8 Å². The van der Waals surface area contributed by atoms with E-state index in [1.807, 2.05) is 18.2 Å². The summed E-state index contributed by atoms with van der Waals surface area (Å²) in [6.07, 6.45) is 2.48. The van der Waals surface area contributed by atoms with Crippen molar-refractivity contribution >= 4 is 11.7 Å². The number of nitrogens with zero attached hydrogens (tertiary/aromatic N) is 1. The highest BCUT2D eigenvalue weighted by Crippen LogP contribution is 2.27. The Morgan fingerprint density at radius 2 is 1.84 bits per heavy atom. The summed E-state index contributed by atoms with van der Waals surface area (Å²) < 4.78 is 0. The standard InChI is InChI=1S/C15H19NO3/c17-11-10-16(13-6-7-13)15(19)9-8-14(18)12-4-2-1-3-5-12/h1-5,13,17H,6-11H2. The van der Waals surface area contributed by atoms with Crippen molar-refractivity contribution in [3.63, 3.8) is 0 Å². The van der Waals surface area contributed by atoms with Crippen molar-refractivity contribution < 1.29 is 14.7 Å². The molecule has 0 aromatic heterocycles. The van der Waals surface area contributed by atoms with Crippen molar-refractivity contribution in [1.29, 1.82) is 0 Å². The Hall–Kier alpha value is -1.68. The van der Waals surface area contributed by atoms with Gasteiger partial charge in [-0.15, -0.1) is 0 Å². The molecule has 0 radical (unpaired) electrons. The molecule has 1 aliphatic carbocycles. The van der Waals surface area contributed by atoms with E-state index in [2.05, 4.69) is 0 Å². The molecule has 0 heterocycles. The fraction of sp³-hybridized carbons (Fsp3) is 0.467. The van der Waals surface area contributed by atoms with E-state index in [4.69, 9.17) is 5.11 Å². The van der Waals surface area contributed by atoms with E-state index < -0.39 is 0 Å². The average molecular weight is 261 g/mol. The summed E-state index contributed by atoms with van der Waals surface area (Å²) in [5.74, 6) is -0.0328. The number of Topliss-reactive ketones (excluding diaryl/α,β-unsaturated/α-hetero) is 1. The smallest absolute Gasteiger partial charge is 0.223 e. The van der Waals surface area contributed by atoms with E-state index >= 15 is 0 Å². The lowest BCUT2D eigenvalue weighted by molar-refractivity contribution is -0.132. The van der Waals surface area contributed by atoms with Crippen LogP contribution in [-0.2, 0) is 4.79 Å². The Balaban J connectivity index is 1.84. The zero-order valence-electron chi connectivity index (χ0n) is 10.9. The Morgan fingerprint density at radius 1 is 1.16 bits per heavy atom. The van der Waals surface area contributed by atoms with Crippen LogP contribution in [0.3, 0.4) is 0 Å². The molecule has 102 valence electrons. The van der Waals surface area contributed by atoms with Gasteiger partial charge in [0.15, 0.2) is 5.78 Å². The Kier molecular flexibility index (Phi) is 4.68. The lowest BCUT2D eigenvalue weighted by Gasteiger charge is -2.21. The highest BCUT2D eigenvalue weighted by atomic mass is 16.3. The molecule has 1 N–H and O–H groups in total. The molecule has 0 saturated heterocycles. The molecule has 19 heavy (non-hydrogen) atoms. The van der Waals surface area contributed by atoms with E-state index in [9.17, 15) is 9.59 Å². The van der Waals surface area contributed by atoms with E-state index in [0.717, 1.165) is 12.8 Å². The first-order chi connectivity index (χ1) is 9.22. The van der Waals surface area contributed by atoms with Gasteiger partial charge in [-0.2, -0.15) is 0 Å². The third kappa shape index (κ3) is 3.89. The van der Waals surface area contributed by atoms with E-state index in [1.54, 1.807) is 17.0 Å². The second-order valence-corrected chi connectivity index (χ2v) is 4.83. The molecular weight excluding hydrogens is 242 g/mol. The average Bonchev–Trinajstić information content (AvgIpc) is 3.27. The molecule has 0 atom stereocenters. The van der Waals surface area contributed by atoms with E-state index in [-0.39, 0.29) is 37.2 Å². The van der Waals surface area contributed by atoms with Gasteiger partial charge in [-0.25, -0.2) is 0 Å². The number of aliphatic hydroxyl groups excluding tert-OH is 1. The number of rotatable bonds is 7. The van der Waals surface area contributed by atoms with Crippen LogP contribution < -0.4 is 0 Å². The normalized spacial score (nSPS) is 14.2. The number of amides is 1. The van der Waals surface area contributed by atoms with Gasteiger partial charge in [0.05, 0.1) is 6.61 Å². The van der Waals surface area contributed by atoms with Gasteiger partial charge in [0.2, 0.25) is 5.91 Å². The largest absolute Gasteiger partial charge is 0.395 e. The number of benzene rings is 1. The minimum absolute atomic E-state index is 0.00584. The van der Waals surface area contributed by atoms with Crippen LogP contribution in [-0.4, -0.2) is 40.9 Å². The van der Waals surface area contributed by atoms with Gasteiger partial charge in [0.1, 0.15) is 0 Å². The third-order valence-corrected chi connectivity index (χ3v) is 3.31. The third-order valence-electron chi connectivity index (χ3n) is 3.31. The predicted molar refractivity (Wildman–Crippen MR) is 71.8 cm³/mol. The summed E-state index contributed by atoms with van der Waals surface area (Å²) in [4.78, 5) is 25.6. The topological polar surface area (TPSA) is 57.6 Å². The Morgan fingerprint density at radius 3 is 2.42 bits per heavy atom. The lowest BCUT2D eigenvalue weighted by Crippen LogP contribution is -2.35. The zero-order chi connectivity index (χ0) is 13.7. The summed E-state index contributed by atoms with van der Waals surface area (Å²) in [6, 6.07) is 9.30. The second-order valence-electron chi connectivity index (χ2n) is 4.83. The fourth-order valence-corrected chi connectivity index (χ4v) is 2.14. The van der Waals surface area contributed by atoms with Crippen LogP contribution in [0.5, 0.6) is 0 Å². The molecule has 1 saturated carbocycles. The van der Waals surface area contributed by atoms with E-state index in [1.165, 1.54) is 0 Å². The van der Waals surface area contributed by atoms with Crippen molar-refractivity contribution in [2.45, 2.75) is 31.7 Å². The maximum Gasteiger partial charge on any atom is 0.223 e. The van der Waals surface area contributed by atoms with Crippen molar-refractivity contribution in [2.24, 2.45) is 0 Å². The number of ketones is 1. The van der Waals surface area contributed by atoms with Gasteiger partial charge in [0.25, 0.3) is 0 Å². The SMILES string of the molecule is O=C(CCC(=O)N(CCO)C1CC1)c1ccccc1. The van der Waals surface area contributed by atoms with Crippen molar-refractivity contribution in [1.82, 2.24) is 4.90 Å². The van der Waals surface area contributed by atoms with Crippen LogP contribution in [0.1, 0.15) is 36.0 Å². The zero-order valence-corrected chi connectivity index (χ0v) is 10.9. The molecule has 1 aromatic carbocycles. The summed E-state index contributed by atoms with van der Waals surface area (Å²) in [5.41, 5.74) is 0.649. The summed E-state index contributed by atoms with van der Waals surface area (Å²) in [7, 11) is 0. The predicted octanol–water partition coefficient (Wildman–Crippen LogP) is 1.63. The molecule has 2 rings (SSSR count). The van der Waals surface area contributed by atoms with Gasteiger partial charge >= 0.3 is 0 Å². The monoisotopic (exact) mass is 261 g/mol. The van der Waals surface area contributed by atoms with Crippen molar-refractivity contribution in [2.75, 3.05) is 13.2 Å². The molecule has 0 spiro atoms. The van der Waals surface area contributed by atoms with Crippen molar-refractivity contribution in [3.8, 4) is 0 Å². The van der Waals surface area contributed by atoms with Crippen LogP contribution >= 0.6 is 0 Å². The van der Waals surface area contributed by atoms with Gasteiger partial charge in [-0.3, -0.25) is 9.59 Å². The minimum atomic E-state index is -0.0270. The van der Waals surface area contributed by atoms with Crippen LogP contribution in [0.4, 0.5) is 0 Å². The van der Waals surface area contributed by atoms with E-state index in [0.29, 0.717) is 12.1 Å². The molecular formula is C15H19NO3. The molecule has 4 heteroatoms. The van der Waals surface area contributed by atoms with Gasteiger partial charge in [0, 0.05) is 31.0 Å². The lowest BCUT2D eigenvalue weighted by atomic mass is 10.1. The molecule has 0 bridgehead atoms. The minimum Gasteiger partial charge on any atom is -0.395 e. The number of hydrogen-bond donors (Lipinski definition) is 1. The first-order valence-corrected chi connectivity index (χ1v) is 6.71. The Labute approximate surface area is 113 Å². The molecule has 0 aliphatic heterocycles. The molecule has 1 aliphatic rings. The highest BCUT2D eigenvalue weighted by Gasteiger charge is 2.31. The summed E-state index contributed by atoms with van der Waals surface area (Å²) >= 11 is 0. The molecule has 4 nitrogen and oxygen atoms in total. The van der Waals surface area contributed by atoms with Crippen LogP contribution in [0.25, 0.3) is 0 Å². The Bertz CT molecular complexity index is 440. The maximum absolute atomic E-state index is 12.0. The first kappa shape index (κ1) is 13.7. The van der Waals surface area contributed by atoms with Crippen LogP contribution in [0.2, 0.25) is 0 Å². The van der Waals surface area contributed by atoms with Gasteiger partial charge < -0.3 is 10.0 Å². The van der Waals surface area contributed by atoms with Crippen LogP contribution in [0, 0.1) is 0 Å². The van der Waals surface area contributed by atoms with Crippen molar-refractivity contribution in [3.05, 3.63) is 35.9 Å². The number of carbonyl (C=O) groups excluding carboxylic acids is 2. The quantitative estimate of drug-likeness (QED) is 0.759. The highest BCUT2D eigenvalue weighted by molar-refractivity contribution is 5.97. The van der Waals surface area contributed by atoms with Crippen LogP contribution in [0.15, 0.2) is 30.3 Å². The molecule has 1 fully saturated rings. The second kappa shape index (κ2) is 6.48. The molecule has 0 unspecified atom stereocenters.